The first-order chi connectivity index (χ1) is 15.8. The van der Waals surface area contributed by atoms with Crippen molar-refractivity contribution in [3.8, 4) is 5.75 Å². The van der Waals surface area contributed by atoms with Crippen molar-refractivity contribution in [3.05, 3.63) is 42.0 Å². The van der Waals surface area contributed by atoms with Gasteiger partial charge in [0.25, 0.3) is 0 Å². The number of methoxy groups -OCH3 is 1. The van der Waals surface area contributed by atoms with Crippen LogP contribution in [0, 0.1) is 11.8 Å². The summed E-state index contributed by atoms with van der Waals surface area (Å²) >= 11 is 0. The molecule has 4 unspecified atom stereocenters. The number of aliphatic carboxylic acids is 2. The normalized spacial score (nSPS) is 26.6. The molecule has 9 nitrogen and oxygen atoms in total. The summed E-state index contributed by atoms with van der Waals surface area (Å²) in [5.41, 5.74) is -1.48. The molecule has 2 saturated heterocycles. The van der Waals surface area contributed by atoms with Crippen LogP contribution in [0.1, 0.15) is 37.8 Å². The van der Waals surface area contributed by atoms with E-state index in [4.69, 9.17) is 4.74 Å². The van der Waals surface area contributed by atoms with Gasteiger partial charge in [0.05, 0.1) is 25.4 Å². The molecule has 3 N–H and O–H groups in total. The van der Waals surface area contributed by atoms with Gasteiger partial charge >= 0.3 is 11.9 Å². The minimum atomic E-state index is -2.10. The summed E-state index contributed by atoms with van der Waals surface area (Å²) in [6, 6.07) is 9.93. The van der Waals surface area contributed by atoms with Crippen LogP contribution in [-0.2, 0) is 19.2 Å². The molecule has 9 heteroatoms. The lowest BCUT2D eigenvalue weighted by atomic mass is 9.77. The summed E-state index contributed by atoms with van der Waals surface area (Å²) in [6.45, 7) is 2.10. The Bertz CT molecular complexity index is 1150. The third kappa shape index (κ3) is 3.43. The highest BCUT2D eigenvalue weighted by atomic mass is 16.5. The first kappa shape index (κ1) is 22.7. The molecule has 0 aromatic heterocycles. The largest absolute Gasteiger partial charge is 0.496 e. The average molecular weight is 454 g/mol. The summed E-state index contributed by atoms with van der Waals surface area (Å²) in [6.07, 6.45) is 0.505. The Morgan fingerprint density at radius 3 is 2.39 bits per heavy atom. The lowest BCUT2D eigenvalue weighted by molar-refractivity contribution is -0.156. The van der Waals surface area contributed by atoms with Gasteiger partial charge in [-0.25, -0.2) is 0 Å². The van der Waals surface area contributed by atoms with E-state index in [-0.39, 0.29) is 6.54 Å². The van der Waals surface area contributed by atoms with E-state index < -0.39 is 53.6 Å². The Kier molecular flexibility index (Phi) is 5.84. The van der Waals surface area contributed by atoms with Crippen molar-refractivity contribution >= 4 is 34.5 Å². The van der Waals surface area contributed by atoms with Gasteiger partial charge in [0.2, 0.25) is 11.8 Å². The number of ether oxygens (including phenoxy) is 1. The zero-order valence-electron chi connectivity index (χ0n) is 18.4. The smallest absolute Gasteiger partial charge is 0.325 e. The van der Waals surface area contributed by atoms with Crippen LogP contribution in [0.4, 0.5) is 0 Å². The molecular formula is C24H26N2O7. The first-order valence-electron chi connectivity index (χ1n) is 10.9. The summed E-state index contributed by atoms with van der Waals surface area (Å²) in [5.74, 6) is -5.66. The van der Waals surface area contributed by atoms with Crippen LogP contribution in [-0.4, -0.2) is 58.1 Å². The zero-order chi connectivity index (χ0) is 23.9. The van der Waals surface area contributed by atoms with Crippen LogP contribution in [0.25, 0.3) is 10.8 Å². The van der Waals surface area contributed by atoms with Crippen LogP contribution in [0.3, 0.4) is 0 Å². The molecule has 4 rings (SSSR count). The fourth-order valence-corrected chi connectivity index (χ4v) is 5.28. The molecule has 0 aliphatic carbocycles. The summed E-state index contributed by atoms with van der Waals surface area (Å²) < 4.78 is 5.44. The minimum Gasteiger partial charge on any atom is -0.496 e. The predicted octanol–water partition coefficient (Wildman–Crippen LogP) is 2.19. The Labute approximate surface area is 190 Å². The fourth-order valence-electron chi connectivity index (χ4n) is 5.28. The van der Waals surface area contributed by atoms with Gasteiger partial charge in [-0.05, 0) is 23.4 Å². The number of hydrogen-bond acceptors (Lipinski definition) is 6. The minimum absolute atomic E-state index is 0.181. The van der Waals surface area contributed by atoms with Gasteiger partial charge in [-0.2, -0.15) is 0 Å². The van der Waals surface area contributed by atoms with Gasteiger partial charge in [0.15, 0.2) is 0 Å². The molecule has 2 fully saturated rings. The van der Waals surface area contributed by atoms with Crippen molar-refractivity contribution in [1.29, 1.82) is 0 Å². The van der Waals surface area contributed by atoms with Crippen LogP contribution < -0.4 is 10.1 Å². The van der Waals surface area contributed by atoms with E-state index >= 15 is 0 Å². The van der Waals surface area contributed by atoms with Gasteiger partial charge in [-0.3, -0.25) is 29.4 Å². The number of nitrogens with zero attached hydrogens (tertiary/aromatic N) is 1. The number of unbranched alkanes of at least 4 members (excludes halogenated alkanes) is 1. The number of carboxylic acids is 2. The van der Waals surface area contributed by atoms with Crippen molar-refractivity contribution in [2.45, 2.75) is 37.8 Å². The quantitative estimate of drug-likeness (QED) is 0.517. The van der Waals surface area contributed by atoms with Crippen LogP contribution in [0.2, 0.25) is 0 Å². The Morgan fingerprint density at radius 1 is 1.09 bits per heavy atom. The van der Waals surface area contributed by atoms with E-state index in [2.05, 4.69) is 5.32 Å². The number of benzene rings is 2. The third-order valence-corrected chi connectivity index (χ3v) is 6.77. The molecule has 0 saturated carbocycles. The first-order valence-corrected chi connectivity index (χ1v) is 10.9. The van der Waals surface area contributed by atoms with Crippen LogP contribution in [0.5, 0.6) is 5.75 Å². The maximum absolute atomic E-state index is 13.4. The molecule has 4 atom stereocenters. The Morgan fingerprint density at radius 2 is 1.79 bits per heavy atom. The van der Waals surface area contributed by atoms with Crippen molar-refractivity contribution < 1.29 is 34.1 Å². The fraction of sp³-hybridized carbons (Fsp3) is 0.417. The number of carbonyl (C=O) groups excluding carboxylic acids is 2. The number of carbonyl (C=O) groups is 4. The number of rotatable bonds is 8. The second-order valence-corrected chi connectivity index (χ2v) is 8.56. The Hall–Kier alpha value is -3.46. The number of fused-ring (bicyclic) bond motifs is 2. The average Bonchev–Trinajstić information content (AvgIpc) is 3.25. The maximum Gasteiger partial charge on any atom is 0.325 e. The predicted molar refractivity (Wildman–Crippen MR) is 118 cm³/mol. The van der Waals surface area contributed by atoms with Gasteiger partial charge in [0, 0.05) is 18.0 Å². The highest BCUT2D eigenvalue weighted by Crippen LogP contribution is 2.51. The van der Waals surface area contributed by atoms with E-state index in [1.807, 2.05) is 31.2 Å². The van der Waals surface area contributed by atoms with Gasteiger partial charge in [0.1, 0.15) is 11.3 Å². The molecule has 2 aliphatic heterocycles. The third-order valence-electron chi connectivity index (χ3n) is 6.77. The van der Waals surface area contributed by atoms with Crippen molar-refractivity contribution in [2.75, 3.05) is 13.7 Å². The van der Waals surface area contributed by atoms with E-state index in [0.29, 0.717) is 17.7 Å². The monoisotopic (exact) mass is 454 g/mol. The lowest BCUT2D eigenvalue weighted by Gasteiger charge is -2.30. The van der Waals surface area contributed by atoms with Crippen molar-refractivity contribution in [1.82, 2.24) is 10.2 Å². The molecular weight excluding hydrogens is 428 g/mol. The lowest BCUT2D eigenvalue weighted by Crippen LogP contribution is -2.57. The van der Waals surface area contributed by atoms with Crippen LogP contribution >= 0.6 is 0 Å². The topological polar surface area (TPSA) is 133 Å². The number of hydrogen-bond donors (Lipinski definition) is 3. The number of carboxylic acid groups (broad SMARTS) is 2. The van der Waals surface area contributed by atoms with Crippen LogP contribution in [0.15, 0.2) is 36.4 Å². The molecule has 0 bridgehead atoms. The molecule has 2 aromatic carbocycles. The molecule has 0 radical (unpaired) electrons. The van der Waals surface area contributed by atoms with E-state index in [0.717, 1.165) is 22.1 Å². The molecule has 2 aromatic rings. The highest BCUT2D eigenvalue weighted by Gasteiger charge is 2.69. The number of imide groups is 1. The SMILES string of the molecule is CCCCN1C(=O)C2C(c3ccc(OC)c4ccccc34)NC(CC(=O)O)(C(=O)O)C2C1=O. The number of nitrogens with one attached hydrogen (secondary N) is 1. The maximum atomic E-state index is 13.4. The second kappa shape index (κ2) is 8.47. The van der Waals surface area contributed by atoms with Gasteiger partial charge < -0.3 is 14.9 Å². The number of amides is 2. The molecule has 33 heavy (non-hydrogen) atoms. The van der Waals surface area contributed by atoms with E-state index in [9.17, 15) is 29.4 Å². The van der Waals surface area contributed by atoms with Crippen molar-refractivity contribution in [3.63, 3.8) is 0 Å². The van der Waals surface area contributed by atoms with Crippen molar-refractivity contribution in [2.24, 2.45) is 11.8 Å². The number of likely N-dealkylation sites (tertiary alicyclic amines) is 1. The summed E-state index contributed by atoms with van der Waals surface area (Å²) in [5, 5.41) is 24.1. The Balaban J connectivity index is 1.91. The second-order valence-electron chi connectivity index (χ2n) is 8.56. The van der Waals surface area contributed by atoms with Gasteiger partial charge in [-0.1, -0.05) is 43.7 Å². The molecule has 2 aliphatic rings. The standard InChI is InChI=1S/C24H26N2O7/c1-3-4-11-26-21(29)18-19(22(26)30)24(23(31)32,12-17(27)28)25-20(18)15-9-10-16(33-2)14-8-6-5-7-13(14)15/h5-10,18-20,25H,3-4,11-12H2,1-2H3,(H,27,28)(H,31,32). The summed E-state index contributed by atoms with van der Waals surface area (Å²) in [7, 11) is 1.54. The molecule has 174 valence electrons. The van der Waals surface area contributed by atoms with E-state index in [1.165, 1.54) is 0 Å². The highest BCUT2D eigenvalue weighted by molar-refractivity contribution is 6.10. The van der Waals surface area contributed by atoms with Gasteiger partial charge in [-0.15, -0.1) is 0 Å². The molecule has 0 spiro atoms. The molecule has 2 amide bonds. The van der Waals surface area contributed by atoms with E-state index in [1.54, 1.807) is 19.2 Å². The molecule has 2 heterocycles. The summed E-state index contributed by atoms with van der Waals surface area (Å²) in [4.78, 5) is 52.1. The zero-order valence-corrected chi connectivity index (χ0v) is 18.4.